The lowest BCUT2D eigenvalue weighted by Crippen LogP contribution is -2.29. The molecule has 1 aliphatic carbocycles. The summed E-state index contributed by atoms with van der Waals surface area (Å²) in [7, 11) is 0. The number of hydrogen-bond donors (Lipinski definition) is 1. The third kappa shape index (κ3) is 3.85. The van der Waals surface area contributed by atoms with Crippen molar-refractivity contribution < 1.29 is 24.2 Å². The molecule has 22 heavy (non-hydrogen) atoms. The molecule has 0 aromatic rings. The van der Waals surface area contributed by atoms with Crippen molar-refractivity contribution >= 4 is 11.9 Å². The fraction of sp³-hybridized carbons (Fsp3) is 0.529. The van der Waals surface area contributed by atoms with Crippen LogP contribution in [0.1, 0.15) is 33.1 Å². The van der Waals surface area contributed by atoms with Gasteiger partial charge in [0, 0.05) is 12.5 Å². The fourth-order valence-electron chi connectivity index (χ4n) is 2.85. The number of carbonyl (C=O) groups excluding carboxylic acids is 2. The molecule has 5 heteroatoms. The summed E-state index contributed by atoms with van der Waals surface area (Å²) in [5.41, 5.74) is 2.24. The minimum Gasteiger partial charge on any atom is -0.461 e. The molecule has 0 radical (unpaired) electrons. The van der Waals surface area contributed by atoms with Gasteiger partial charge in [-0.2, -0.15) is 0 Å². The van der Waals surface area contributed by atoms with E-state index in [2.05, 4.69) is 6.58 Å². The van der Waals surface area contributed by atoms with Crippen LogP contribution in [0.4, 0.5) is 0 Å². The van der Waals surface area contributed by atoms with E-state index >= 15 is 0 Å². The van der Waals surface area contributed by atoms with Gasteiger partial charge in [-0.1, -0.05) is 18.2 Å². The van der Waals surface area contributed by atoms with Gasteiger partial charge in [0.05, 0.1) is 12.0 Å². The van der Waals surface area contributed by atoms with Gasteiger partial charge in [0.15, 0.2) is 0 Å². The quantitative estimate of drug-likeness (QED) is 0.480. The number of ether oxygens (including phenoxy) is 2. The smallest absolute Gasteiger partial charge is 0.334 e. The molecule has 2 aliphatic rings. The SMILES string of the molecule is C=C1C(=O)O[C@@H]2/C=C(\C)CC/C=C(/COC(C)=O)C[C@@H](O)[C@@H]12. The zero-order chi connectivity index (χ0) is 16.3. The van der Waals surface area contributed by atoms with E-state index in [1.807, 2.05) is 19.1 Å². The molecule has 2 rings (SSSR count). The number of fused-ring (bicyclic) bond motifs is 1. The van der Waals surface area contributed by atoms with Gasteiger partial charge in [-0.05, 0) is 37.8 Å². The predicted octanol–water partition coefficient (Wildman–Crippen LogP) is 2.06. The van der Waals surface area contributed by atoms with E-state index in [1.165, 1.54) is 6.92 Å². The molecule has 0 amide bonds. The second-order valence-electron chi connectivity index (χ2n) is 5.89. The Bertz CT molecular complexity index is 543. The lowest BCUT2D eigenvalue weighted by molar-refractivity contribution is -0.140. The van der Waals surface area contributed by atoms with Gasteiger partial charge in [0.25, 0.3) is 0 Å². The normalized spacial score (nSPS) is 33.9. The maximum absolute atomic E-state index is 11.7. The van der Waals surface area contributed by atoms with E-state index in [0.717, 1.165) is 24.0 Å². The van der Waals surface area contributed by atoms with Crippen LogP contribution in [-0.4, -0.2) is 35.9 Å². The second kappa shape index (κ2) is 6.92. The van der Waals surface area contributed by atoms with E-state index in [1.54, 1.807) is 0 Å². The van der Waals surface area contributed by atoms with Gasteiger partial charge in [-0.15, -0.1) is 0 Å². The van der Waals surface area contributed by atoms with Gasteiger partial charge in [-0.25, -0.2) is 4.79 Å². The number of allylic oxidation sites excluding steroid dienone is 2. The first-order valence-corrected chi connectivity index (χ1v) is 7.45. The molecule has 3 atom stereocenters. The summed E-state index contributed by atoms with van der Waals surface area (Å²) in [5, 5.41) is 10.5. The summed E-state index contributed by atoms with van der Waals surface area (Å²) >= 11 is 0. The highest BCUT2D eigenvalue weighted by Gasteiger charge is 2.42. The Morgan fingerprint density at radius 3 is 2.95 bits per heavy atom. The van der Waals surface area contributed by atoms with Crippen molar-refractivity contribution in [2.75, 3.05) is 6.61 Å². The van der Waals surface area contributed by atoms with Crippen LogP contribution >= 0.6 is 0 Å². The molecule has 5 nitrogen and oxygen atoms in total. The van der Waals surface area contributed by atoms with Crippen LogP contribution in [0.3, 0.4) is 0 Å². The standard InChI is InChI=1S/C17H22O5/c1-10-5-4-6-13(9-21-12(3)18)8-14(19)16-11(2)17(20)22-15(16)7-10/h6-7,14-16,19H,2,4-5,8-9H2,1,3H3/b10-7+,13-6+/t14-,15-,16-/m1/s1. The van der Waals surface area contributed by atoms with Gasteiger partial charge in [-0.3, -0.25) is 4.79 Å². The van der Waals surface area contributed by atoms with Crippen LogP contribution in [0.25, 0.3) is 0 Å². The first-order chi connectivity index (χ1) is 10.4. The summed E-state index contributed by atoms with van der Waals surface area (Å²) in [6.45, 7) is 7.24. The molecule has 1 saturated heterocycles. The molecule has 1 aliphatic heterocycles. The molecular weight excluding hydrogens is 284 g/mol. The summed E-state index contributed by atoms with van der Waals surface area (Å²) < 4.78 is 10.3. The maximum Gasteiger partial charge on any atom is 0.334 e. The molecule has 0 spiro atoms. The van der Waals surface area contributed by atoms with E-state index in [4.69, 9.17) is 9.47 Å². The molecule has 0 aromatic heterocycles. The Hall–Kier alpha value is -1.88. The molecule has 1 heterocycles. The topological polar surface area (TPSA) is 72.8 Å². The number of aliphatic hydroxyl groups excluding tert-OH is 1. The molecule has 0 bridgehead atoms. The zero-order valence-electron chi connectivity index (χ0n) is 13.0. The van der Waals surface area contributed by atoms with Crippen LogP contribution in [0.15, 0.2) is 35.5 Å². The Kier molecular flexibility index (Phi) is 5.19. The predicted molar refractivity (Wildman–Crippen MR) is 80.8 cm³/mol. The van der Waals surface area contributed by atoms with E-state index < -0.39 is 24.1 Å². The average molecular weight is 306 g/mol. The highest BCUT2D eigenvalue weighted by Crippen LogP contribution is 2.34. The number of carbonyl (C=O) groups is 2. The van der Waals surface area contributed by atoms with E-state index in [0.29, 0.717) is 12.0 Å². The zero-order valence-corrected chi connectivity index (χ0v) is 13.0. The van der Waals surface area contributed by atoms with Crippen LogP contribution < -0.4 is 0 Å². The number of rotatable bonds is 2. The monoisotopic (exact) mass is 306 g/mol. The molecule has 1 fully saturated rings. The van der Waals surface area contributed by atoms with Crippen molar-refractivity contribution in [2.24, 2.45) is 5.92 Å². The van der Waals surface area contributed by atoms with Gasteiger partial charge >= 0.3 is 11.9 Å². The third-order valence-corrected chi connectivity index (χ3v) is 4.03. The largest absolute Gasteiger partial charge is 0.461 e. The van der Waals surface area contributed by atoms with E-state index in [9.17, 15) is 14.7 Å². The van der Waals surface area contributed by atoms with Crippen LogP contribution in [0, 0.1) is 5.92 Å². The van der Waals surface area contributed by atoms with Crippen molar-refractivity contribution in [3.05, 3.63) is 35.5 Å². The maximum atomic E-state index is 11.7. The molecule has 120 valence electrons. The average Bonchev–Trinajstić information content (AvgIpc) is 2.70. The lowest BCUT2D eigenvalue weighted by Gasteiger charge is -2.23. The van der Waals surface area contributed by atoms with Gasteiger partial charge < -0.3 is 14.6 Å². The molecule has 0 aromatic carbocycles. The Morgan fingerprint density at radius 1 is 1.55 bits per heavy atom. The van der Waals surface area contributed by atoms with Crippen molar-refractivity contribution in [1.82, 2.24) is 0 Å². The Morgan fingerprint density at radius 2 is 2.27 bits per heavy atom. The summed E-state index contributed by atoms with van der Waals surface area (Å²) in [6, 6.07) is 0. The first kappa shape index (κ1) is 16.5. The van der Waals surface area contributed by atoms with Gasteiger partial charge in [0.2, 0.25) is 0 Å². The van der Waals surface area contributed by atoms with Gasteiger partial charge in [0.1, 0.15) is 12.7 Å². The van der Waals surface area contributed by atoms with Crippen LogP contribution in [0.5, 0.6) is 0 Å². The highest BCUT2D eigenvalue weighted by atomic mass is 16.6. The number of hydrogen-bond acceptors (Lipinski definition) is 5. The minimum atomic E-state index is -0.798. The fourth-order valence-corrected chi connectivity index (χ4v) is 2.85. The van der Waals surface area contributed by atoms with Crippen molar-refractivity contribution in [2.45, 2.75) is 45.3 Å². The van der Waals surface area contributed by atoms with Crippen molar-refractivity contribution in [1.29, 1.82) is 0 Å². The van der Waals surface area contributed by atoms with Crippen LogP contribution in [0.2, 0.25) is 0 Å². The minimum absolute atomic E-state index is 0.161. The van der Waals surface area contributed by atoms with Crippen molar-refractivity contribution in [3.8, 4) is 0 Å². The van der Waals surface area contributed by atoms with Crippen LogP contribution in [-0.2, 0) is 19.1 Å². The second-order valence-corrected chi connectivity index (χ2v) is 5.89. The summed E-state index contributed by atoms with van der Waals surface area (Å²) in [6.07, 6.45) is 4.57. The lowest BCUT2D eigenvalue weighted by atomic mass is 9.85. The molecular formula is C17H22O5. The van der Waals surface area contributed by atoms with Crippen molar-refractivity contribution in [3.63, 3.8) is 0 Å². The molecule has 1 N–H and O–H groups in total. The summed E-state index contributed by atoms with van der Waals surface area (Å²) in [5.74, 6) is -1.27. The first-order valence-electron chi connectivity index (χ1n) is 7.45. The Balaban J connectivity index is 2.22. The van der Waals surface area contributed by atoms with E-state index in [-0.39, 0.29) is 12.6 Å². The highest BCUT2D eigenvalue weighted by molar-refractivity contribution is 5.91. The Labute approximate surface area is 130 Å². The molecule has 0 saturated carbocycles. The number of esters is 2. The molecule has 0 unspecified atom stereocenters. The third-order valence-electron chi connectivity index (χ3n) is 4.03. The number of aliphatic hydroxyl groups is 1. The summed E-state index contributed by atoms with van der Waals surface area (Å²) in [4.78, 5) is 22.7.